The molecule has 0 radical (unpaired) electrons. The van der Waals surface area contributed by atoms with Crippen molar-refractivity contribution in [3.63, 3.8) is 0 Å². The van der Waals surface area contributed by atoms with Crippen LogP contribution in [-0.4, -0.2) is 40.7 Å². The molecule has 1 heterocycles. The van der Waals surface area contributed by atoms with Crippen molar-refractivity contribution in [2.75, 3.05) is 6.61 Å². The molecule has 0 bridgehead atoms. The van der Waals surface area contributed by atoms with E-state index in [2.05, 4.69) is 59.9 Å². The Morgan fingerprint density at radius 1 is 1.00 bits per heavy atom. The van der Waals surface area contributed by atoms with Crippen LogP contribution in [0.4, 0.5) is 0 Å². The maximum Gasteiger partial charge on any atom is 0.269 e. The molecular formula is C33H36N4O4. The van der Waals surface area contributed by atoms with Crippen molar-refractivity contribution in [2.45, 2.75) is 70.9 Å². The van der Waals surface area contributed by atoms with Crippen LogP contribution in [0.2, 0.25) is 0 Å². The number of nitrogens with zero attached hydrogens (tertiary/aromatic N) is 2. The lowest BCUT2D eigenvalue weighted by atomic mass is 9.76. The summed E-state index contributed by atoms with van der Waals surface area (Å²) in [6, 6.07) is 22.8. The highest BCUT2D eigenvalue weighted by molar-refractivity contribution is 5.99. The molecule has 2 N–H and O–H groups in total. The van der Waals surface area contributed by atoms with Gasteiger partial charge in [-0.3, -0.25) is 25.3 Å². The van der Waals surface area contributed by atoms with Crippen molar-refractivity contribution < 1.29 is 19.1 Å². The van der Waals surface area contributed by atoms with Crippen molar-refractivity contribution in [2.24, 2.45) is 0 Å². The predicted molar refractivity (Wildman–Crippen MR) is 155 cm³/mol. The van der Waals surface area contributed by atoms with E-state index < -0.39 is 17.5 Å². The number of fused-ring (bicyclic) bond motifs is 1. The van der Waals surface area contributed by atoms with E-state index in [-0.39, 0.29) is 22.8 Å². The number of benzene rings is 3. The molecule has 3 aromatic rings. The van der Waals surface area contributed by atoms with Gasteiger partial charge < -0.3 is 9.47 Å². The van der Waals surface area contributed by atoms with Gasteiger partial charge in [0.2, 0.25) is 0 Å². The Balaban J connectivity index is 1.28. The number of carbonyl (C=O) groups excluding carboxylic acids is 2. The van der Waals surface area contributed by atoms with E-state index in [9.17, 15) is 14.9 Å². The smallest absolute Gasteiger partial charge is 0.269 e. The Morgan fingerprint density at radius 3 is 2.37 bits per heavy atom. The summed E-state index contributed by atoms with van der Waals surface area (Å²) in [4.78, 5) is 28.3. The van der Waals surface area contributed by atoms with E-state index in [1.165, 1.54) is 17.2 Å². The van der Waals surface area contributed by atoms with Gasteiger partial charge in [0, 0.05) is 17.7 Å². The average molecular weight is 553 g/mol. The molecule has 8 heteroatoms. The van der Waals surface area contributed by atoms with Gasteiger partial charge in [-0.15, -0.1) is 0 Å². The molecule has 212 valence electrons. The molecule has 3 aromatic carbocycles. The van der Waals surface area contributed by atoms with E-state index in [0.717, 1.165) is 31.4 Å². The third-order valence-corrected chi connectivity index (χ3v) is 7.96. The summed E-state index contributed by atoms with van der Waals surface area (Å²) >= 11 is 0. The number of hydrogen-bond acceptors (Lipinski definition) is 6. The van der Waals surface area contributed by atoms with Crippen molar-refractivity contribution in [1.29, 1.82) is 5.26 Å². The molecule has 1 fully saturated rings. The minimum Gasteiger partial charge on any atom is -0.490 e. The van der Waals surface area contributed by atoms with Crippen LogP contribution >= 0.6 is 0 Å². The first-order valence-electron chi connectivity index (χ1n) is 14.0. The SMILES string of the molecule is CC(C)Oc1ccc(C(=O)NNC(=O)c2ccc3c(c2)C[C@@]2(CC3)COC(C)(C)N2Cc2ccccc2)cc1C#N. The summed E-state index contributed by atoms with van der Waals surface area (Å²) < 4.78 is 12.0. The molecule has 2 amide bonds. The van der Waals surface area contributed by atoms with Crippen LogP contribution in [0.5, 0.6) is 5.75 Å². The van der Waals surface area contributed by atoms with E-state index in [4.69, 9.17) is 9.47 Å². The highest BCUT2D eigenvalue weighted by Gasteiger charge is 2.52. The fraction of sp³-hybridized carbons (Fsp3) is 0.364. The number of aryl methyl sites for hydroxylation is 1. The van der Waals surface area contributed by atoms with Gasteiger partial charge in [0.05, 0.1) is 23.8 Å². The average Bonchev–Trinajstić information content (AvgIpc) is 3.20. The van der Waals surface area contributed by atoms with Crippen molar-refractivity contribution in [3.8, 4) is 11.8 Å². The number of hydrogen-bond donors (Lipinski definition) is 2. The fourth-order valence-electron chi connectivity index (χ4n) is 5.87. The van der Waals surface area contributed by atoms with Gasteiger partial charge in [-0.05, 0) is 94.0 Å². The molecule has 0 saturated carbocycles. The van der Waals surface area contributed by atoms with Gasteiger partial charge in [-0.2, -0.15) is 5.26 Å². The molecule has 1 spiro atoms. The first kappa shape index (κ1) is 28.3. The lowest BCUT2D eigenvalue weighted by Gasteiger charge is -2.45. The monoisotopic (exact) mass is 552 g/mol. The highest BCUT2D eigenvalue weighted by atomic mass is 16.5. The standard InChI is InChI=1S/C33H36N4O4/c1-22(2)41-29-13-12-26(17-28(29)19-34)31(39)36-35-30(38)25-11-10-24-14-15-33(18-27(24)16-25)21-40-32(3,4)37(33)20-23-8-6-5-7-9-23/h5-13,16-17,22H,14-15,18,20-21H2,1-4H3,(H,35,38)(H,36,39)/t33-/m0/s1. The van der Waals surface area contributed by atoms with Gasteiger partial charge in [0.25, 0.3) is 11.8 Å². The van der Waals surface area contributed by atoms with Crippen LogP contribution in [0, 0.1) is 11.3 Å². The molecular weight excluding hydrogens is 516 g/mol. The molecule has 2 aliphatic rings. The Labute approximate surface area is 241 Å². The topological polar surface area (TPSA) is 104 Å². The second-order valence-electron chi connectivity index (χ2n) is 11.6. The number of nitriles is 1. The molecule has 0 aromatic heterocycles. The first-order chi connectivity index (χ1) is 19.6. The van der Waals surface area contributed by atoms with Crippen LogP contribution in [0.3, 0.4) is 0 Å². The highest BCUT2D eigenvalue weighted by Crippen LogP contribution is 2.44. The van der Waals surface area contributed by atoms with Gasteiger partial charge in [0.15, 0.2) is 0 Å². The number of carbonyl (C=O) groups is 2. The third kappa shape index (κ3) is 5.97. The number of hydrazine groups is 1. The third-order valence-electron chi connectivity index (χ3n) is 7.96. The molecule has 41 heavy (non-hydrogen) atoms. The Kier molecular flexibility index (Phi) is 7.85. The summed E-state index contributed by atoms with van der Waals surface area (Å²) in [5, 5.41) is 9.45. The maximum absolute atomic E-state index is 13.1. The van der Waals surface area contributed by atoms with Crippen LogP contribution in [-0.2, 0) is 24.1 Å². The minimum atomic E-state index is -0.523. The van der Waals surface area contributed by atoms with Gasteiger partial charge in [0.1, 0.15) is 17.5 Å². The predicted octanol–water partition coefficient (Wildman–Crippen LogP) is 4.92. The van der Waals surface area contributed by atoms with Gasteiger partial charge in [-0.1, -0.05) is 36.4 Å². The molecule has 1 atom stereocenters. The van der Waals surface area contributed by atoms with Crippen LogP contribution in [0.25, 0.3) is 0 Å². The normalized spacial score (nSPS) is 19.4. The Bertz CT molecular complexity index is 1490. The lowest BCUT2D eigenvalue weighted by molar-refractivity contribution is -0.0673. The largest absolute Gasteiger partial charge is 0.490 e. The summed E-state index contributed by atoms with van der Waals surface area (Å²) in [6.45, 7) is 9.38. The molecule has 5 rings (SSSR count). The van der Waals surface area contributed by atoms with Gasteiger partial charge in [-0.25, -0.2) is 0 Å². The molecule has 0 unspecified atom stereocenters. The lowest BCUT2D eigenvalue weighted by Crippen LogP contribution is -2.54. The van der Waals surface area contributed by atoms with Crippen LogP contribution in [0.15, 0.2) is 66.7 Å². The second kappa shape index (κ2) is 11.4. The van der Waals surface area contributed by atoms with Crippen molar-refractivity contribution in [3.05, 3.63) is 100 Å². The fourth-order valence-corrected chi connectivity index (χ4v) is 5.87. The molecule has 1 aliphatic carbocycles. The maximum atomic E-state index is 13.1. The van der Waals surface area contributed by atoms with Crippen LogP contribution in [0.1, 0.15) is 77.1 Å². The van der Waals surface area contributed by atoms with E-state index in [1.807, 2.05) is 32.0 Å². The summed E-state index contributed by atoms with van der Waals surface area (Å²) in [7, 11) is 0. The molecule has 8 nitrogen and oxygen atoms in total. The quantitative estimate of drug-likeness (QED) is 0.421. The van der Waals surface area contributed by atoms with Crippen molar-refractivity contribution in [1.82, 2.24) is 15.8 Å². The second-order valence-corrected chi connectivity index (χ2v) is 11.6. The zero-order chi connectivity index (χ0) is 29.2. The zero-order valence-electron chi connectivity index (χ0n) is 24.0. The number of ether oxygens (including phenoxy) is 2. The number of nitrogens with one attached hydrogen (secondary N) is 2. The summed E-state index contributed by atoms with van der Waals surface area (Å²) in [5.74, 6) is -0.525. The Morgan fingerprint density at radius 2 is 1.68 bits per heavy atom. The van der Waals surface area contributed by atoms with E-state index in [1.54, 1.807) is 18.2 Å². The first-order valence-corrected chi connectivity index (χ1v) is 14.0. The number of rotatable bonds is 6. The molecule has 1 aliphatic heterocycles. The zero-order valence-corrected chi connectivity index (χ0v) is 24.0. The summed E-state index contributed by atoms with van der Waals surface area (Å²) in [6.07, 6.45) is 2.54. The Hall–Kier alpha value is -4.19. The molecule has 1 saturated heterocycles. The summed E-state index contributed by atoms with van der Waals surface area (Å²) in [5.41, 5.74) is 8.96. The van der Waals surface area contributed by atoms with Crippen LogP contribution < -0.4 is 15.6 Å². The van der Waals surface area contributed by atoms with E-state index >= 15 is 0 Å². The number of amides is 2. The minimum absolute atomic E-state index is 0.104. The van der Waals surface area contributed by atoms with E-state index in [0.29, 0.717) is 17.9 Å². The van der Waals surface area contributed by atoms with Crippen molar-refractivity contribution >= 4 is 11.8 Å². The van der Waals surface area contributed by atoms with Gasteiger partial charge >= 0.3 is 0 Å².